The average molecular weight is 337 g/mol. The highest BCUT2D eigenvalue weighted by Crippen LogP contribution is 2.20. The van der Waals surface area contributed by atoms with Crippen LogP contribution in [-0.2, 0) is 4.79 Å². The molecule has 2 aromatic rings. The van der Waals surface area contributed by atoms with Gasteiger partial charge in [0.25, 0.3) is 0 Å². The van der Waals surface area contributed by atoms with Crippen LogP contribution in [0, 0.1) is 5.82 Å². The van der Waals surface area contributed by atoms with E-state index in [0.717, 1.165) is 11.4 Å². The number of benzene rings is 2. The highest BCUT2D eigenvalue weighted by molar-refractivity contribution is 6.31. The minimum Gasteiger partial charge on any atom is -0.491 e. The van der Waals surface area contributed by atoms with E-state index in [1.54, 1.807) is 0 Å². The molecular weight excluding hydrogens is 319 g/mol. The van der Waals surface area contributed by atoms with E-state index in [1.165, 1.54) is 18.2 Å². The predicted molar refractivity (Wildman–Crippen MR) is 90.7 cm³/mol. The number of anilines is 2. The molecule has 4 nitrogen and oxygen atoms in total. The molecule has 0 saturated carbocycles. The zero-order chi connectivity index (χ0) is 16.8. The van der Waals surface area contributed by atoms with Crippen molar-refractivity contribution in [2.45, 2.75) is 20.0 Å². The van der Waals surface area contributed by atoms with Crippen LogP contribution in [0.5, 0.6) is 5.75 Å². The van der Waals surface area contributed by atoms with Crippen LogP contribution in [0.1, 0.15) is 13.8 Å². The third kappa shape index (κ3) is 5.45. The number of amides is 1. The monoisotopic (exact) mass is 336 g/mol. The van der Waals surface area contributed by atoms with Gasteiger partial charge >= 0.3 is 0 Å². The van der Waals surface area contributed by atoms with E-state index in [4.69, 9.17) is 16.3 Å². The fourth-order valence-corrected chi connectivity index (χ4v) is 2.09. The van der Waals surface area contributed by atoms with Crippen molar-refractivity contribution in [1.82, 2.24) is 0 Å². The Morgan fingerprint density at radius 2 is 2.00 bits per heavy atom. The molecule has 23 heavy (non-hydrogen) atoms. The van der Waals surface area contributed by atoms with E-state index in [9.17, 15) is 9.18 Å². The number of halogens is 2. The van der Waals surface area contributed by atoms with Gasteiger partial charge in [-0.1, -0.05) is 17.7 Å². The Balaban J connectivity index is 1.90. The van der Waals surface area contributed by atoms with Crippen molar-refractivity contribution in [1.29, 1.82) is 0 Å². The average Bonchev–Trinajstić information content (AvgIpc) is 2.49. The lowest BCUT2D eigenvalue weighted by Gasteiger charge is -2.12. The molecule has 1 amide bonds. The summed E-state index contributed by atoms with van der Waals surface area (Å²) in [6, 6.07) is 11.4. The first-order chi connectivity index (χ1) is 10.9. The minimum absolute atomic E-state index is 0.0331. The van der Waals surface area contributed by atoms with Crippen LogP contribution in [-0.4, -0.2) is 18.6 Å². The lowest BCUT2D eigenvalue weighted by Crippen LogP contribution is -2.21. The summed E-state index contributed by atoms with van der Waals surface area (Å²) >= 11 is 5.67. The largest absolute Gasteiger partial charge is 0.491 e. The maximum absolute atomic E-state index is 13.1. The fourth-order valence-electron chi connectivity index (χ4n) is 1.91. The summed E-state index contributed by atoms with van der Waals surface area (Å²) in [4.78, 5) is 11.9. The first kappa shape index (κ1) is 17.1. The van der Waals surface area contributed by atoms with E-state index in [1.807, 2.05) is 38.1 Å². The summed E-state index contributed by atoms with van der Waals surface area (Å²) in [7, 11) is 0. The molecular formula is C17H18ClFN2O2. The number of nitrogens with one attached hydrogen (secondary N) is 2. The second kappa shape index (κ2) is 7.83. The minimum atomic E-state index is -0.523. The van der Waals surface area contributed by atoms with Gasteiger partial charge in [0.15, 0.2) is 0 Å². The number of carbonyl (C=O) groups excluding carboxylic acids is 1. The van der Waals surface area contributed by atoms with Crippen molar-refractivity contribution >= 4 is 28.9 Å². The SMILES string of the molecule is CC(C)Oc1cccc(NCC(=O)Nc2ccc(F)c(Cl)c2)c1. The maximum Gasteiger partial charge on any atom is 0.243 e. The second-order valence-corrected chi connectivity index (χ2v) is 5.63. The zero-order valence-electron chi connectivity index (χ0n) is 12.9. The van der Waals surface area contributed by atoms with Crippen LogP contribution in [0.3, 0.4) is 0 Å². The van der Waals surface area contributed by atoms with Gasteiger partial charge in [-0.25, -0.2) is 4.39 Å². The molecule has 2 N–H and O–H groups in total. The molecule has 0 aromatic heterocycles. The Bertz CT molecular complexity index is 692. The number of carbonyl (C=O) groups is 1. The molecule has 0 atom stereocenters. The molecule has 122 valence electrons. The van der Waals surface area contributed by atoms with E-state index in [-0.39, 0.29) is 23.6 Å². The third-order valence-electron chi connectivity index (χ3n) is 2.86. The summed E-state index contributed by atoms with van der Waals surface area (Å²) in [5, 5.41) is 5.62. The second-order valence-electron chi connectivity index (χ2n) is 5.23. The molecule has 0 radical (unpaired) electrons. The molecule has 0 bridgehead atoms. The van der Waals surface area contributed by atoms with E-state index < -0.39 is 5.82 Å². The highest BCUT2D eigenvalue weighted by Gasteiger charge is 2.06. The predicted octanol–water partition coefficient (Wildman–Crippen LogP) is 4.32. The molecule has 0 fully saturated rings. The fraction of sp³-hybridized carbons (Fsp3) is 0.235. The summed E-state index contributed by atoms with van der Waals surface area (Å²) < 4.78 is 18.7. The van der Waals surface area contributed by atoms with E-state index in [2.05, 4.69) is 10.6 Å². The Hall–Kier alpha value is -2.27. The van der Waals surface area contributed by atoms with E-state index in [0.29, 0.717) is 5.69 Å². The molecule has 0 spiro atoms. The molecule has 2 rings (SSSR count). The standard InChI is InChI=1S/C17H18ClFN2O2/c1-11(2)23-14-5-3-4-12(8-14)20-10-17(22)21-13-6-7-16(19)15(18)9-13/h3-9,11,20H,10H2,1-2H3,(H,21,22). The summed E-state index contributed by atoms with van der Waals surface area (Å²) in [6.45, 7) is 3.96. The quantitative estimate of drug-likeness (QED) is 0.826. The lowest BCUT2D eigenvalue weighted by atomic mass is 10.3. The molecule has 6 heteroatoms. The van der Waals surface area contributed by atoms with Gasteiger partial charge in [0.2, 0.25) is 5.91 Å². The first-order valence-electron chi connectivity index (χ1n) is 7.19. The zero-order valence-corrected chi connectivity index (χ0v) is 13.7. The van der Waals surface area contributed by atoms with Crippen molar-refractivity contribution in [3.05, 3.63) is 53.3 Å². The van der Waals surface area contributed by atoms with Gasteiger partial charge in [-0.05, 0) is 44.2 Å². The molecule has 0 unspecified atom stereocenters. The highest BCUT2D eigenvalue weighted by atomic mass is 35.5. The Kier molecular flexibility index (Phi) is 5.82. The number of rotatable bonds is 6. The number of ether oxygens (including phenoxy) is 1. The molecule has 0 aliphatic heterocycles. The van der Waals surface area contributed by atoms with Crippen molar-refractivity contribution < 1.29 is 13.9 Å². The number of hydrogen-bond acceptors (Lipinski definition) is 3. The third-order valence-corrected chi connectivity index (χ3v) is 3.15. The van der Waals surface area contributed by atoms with Crippen LogP contribution in [0.4, 0.5) is 15.8 Å². The summed E-state index contributed by atoms with van der Waals surface area (Å²) in [5.41, 5.74) is 1.22. The van der Waals surface area contributed by atoms with Crippen LogP contribution in [0.2, 0.25) is 5.02 Å². The Morgan fingerprint density at radius 1 is 1.22 bits per heavy atom. The van der Waals surface area contributed by atoms with Crippen molar-refractivity contribution in [2.75, 3.05) is 17.2 Å². The Labute approximate surface area is 139 Å². The van der Waals surface area contributed by atoms with Crippen LogP contribution in [0.25, 0.3) is 0 Å². The van der Waals surface area contributed by atoms with Crippen LogP contribution < -0.4 is 15.4 Å². The van der Waals surface area contributed by atoms with Gasteiger partial charge in [0.1, 0.15) is 11.6 Å². The first-order valence-corrected chi connectivity index (χ1v) is 7.57. The normalized spacial score (nSPS) is 10.5. The topological polar surface area (TPSA) is 50.4 Å². The molecule has 0 aliphatic rings. The molecule has 0 aliphatic carbocycles. The van der Waals surface area contributed by atoms with E-state index >= 15 is 0 Å². The van der Waals surface area contributed by atoms with Crippen molar-refractivity contribution in [2.24, 2.45) is 0 Å². The van der Waals surface area contributed by atoms with Crippen LogP contribution >= 0.6 is 11.6 Å². The number of hydrogen-bond donors (Lipinski definition) is 2. The summed E-state index contributed by atoms with van der Waals surface area (Å²) in [6.07, 6.45) is 0.0803. The van der Waals surface area contributed by atoms with Gasteiger partial charge in [-0.15, -0.1) is 0 Å². The van der Waals surface area contributed by atoms with Crippen LogP contribution in [0.15, 0.2) is 42.5 Å². The molecule has 0 heterocycles. The lowest BCUT2D eigenvalue weighted by molar-refractivity contribution is -0.114. The smallest absolute Gasteiger partial charge is 0.243 e. The summed E-state index contributed by atoms with van der Waals surface area (Å²) in [5.74, 6) is -0.0525. The van der Waals surface area contributed by atoms with Gasteiger partial charge < -0.3 is 15.4 Å². The van der Waals surface area contributed by atoms with Crippen molar-refractivity contribution in [3.63, 3.8) is 0 Å². The molecule has 0 saturated heterocycles. The van der Waals surface area contributed by atoms with Gasteiger partial charge in [-0.2, -0.15) is 0 Å². The van der Waals surface area contributed by atoms with Gasteiger partial charge in [0.05, 0.1) is 17.7 Å². The van der Waals surface area contributed by atoms with Gasteiger partial charge in [-0.3, -0.25) is 4.79 Å². The Morgan fingerprint density at radius 3 is 2.70 bits per heavy atom. The van der Waals surface area contributed by atoms with Crippen molar-refractivity contribution in [3.8, 4) is 5.75 Å². The van der Waals surface area contributed by atoms with Gasteiger partial charge in [0, 0.05) is 17.4 Å². The molecule has 2 aromatic carbocycles. The maximum atomic E-state index is 13.1.